The standard InChI is InChI=1S/C18H17FN2OS/c1-12-18(13-6-8-14(19)9-7-13)21-17(23-12)10-11-22-16-5-3-2-4-15(16)20/h2-9H,10-11,20H2,1H3. The lowest BCUT2D eigenvalue weighted by Gasteiger charge is -2.07. The van der Waals surface area contributed by atoms with Gasteiger partial charge in [-0.1, -0.05) is 12.1 Å². The highest BCUT2D eigenvalue weighted by Gasteiger charge is 2.10. The smallest absolute Gasteiger partial charge is 0.142 e. The van der Waals surface area contributed by atoms with Gasteiger partial charge in [0.2, 0.25) is 0 Å². The average Bonchev–Trinajstić information content (AvgIpc) is 2.91. The second kappa shape index (κ2) is 6.79. The Kier molecular flexibility index (Phi) is 4.57. The number of nitrogen functional groups attached to an aromatic ring is 1. The first-order chi connectivity index (χ1) is 11.1. The molecule has 1 heterocycles. The van der Waals surface area contributed by atoms with Gasteiger partial charge in [-0.2, -0.15) is 0 Å². The van der Waals surface area contributed by atoms with E-state index < -0.39 is 0 Å². The number of rotatable bonds is 5. The van der Waals surface area contributed by atoms with E-state index in [4.69, 9.17) is 10.5 Å². The molecular formula is C18H17FN2OS. The summed E-state index contributed by atoms with van der Waals surface area (Å²) in [6.07, 6.45) is 0.709. The molecule has 3 aromatic rings. The number of aryl methyl sites for hydroxylation is 1. The zero-order chi connectivity index (χ0) is 16.2. The Labute approximate surface area is 138 Å². The third-order valence-electron chi connectivity index (χ3n) is 3.45. The highest BCUT2D eigenvalue weighted by molar-refractivity contribution is 7.12. The number of anilines is 1. The lowest BCUT2D eigenvalue weighted by Crippen LogP contribution is -2.03. The maximum Gasteiger partial charge on any atom is 0.142 e. The van der Waals surface area contributed by atoms with Gasteiger partial charge in [0.05, 0.1) is 23.0 Å². The van der Waals surface area contributed by atoms with E-state index in [1.807, 2.05) is 31.2 Å². The van der Waals surface area contributed by atoms with Crippen molar-refractivity contribution >= 4 is 17.0 Å². The van der Waals surface area contributed by atoms with Crippen molar-refractivity contribution in [3.63, 3.8) is 0 Å². The first-order valence-electron chi connectivity index (χ1n) is 7.33. The van der Waals surface area contributed by atoms with E-state index in [2.05, 4.69) is 4.98 Å². The summed E-state index contributed by atoms with van der Waals surface area (Å²) >= 11 is 1.64. The molecule has 2 aromatic carbocycles. The van der Waals surface area contributed by atoms with Gasteiger partial charge in [-0.15, -0.1) is 11.3 Å². The van der Waals surface area contributed by atoms with Crippen molar-refractivity contribution in [1.82, 2.24) is 4.98 Å². The van der Waals surface area contributed by atoms with Crippen LogP contribution in [0.25, 0.3) is 11.3 Å². The van der Waals surface area contributed by atoms with Crippen molar-refractivity contribution < 1.29 is 9.13 Å². The summed E-state index contributed by atoms with van der Waals surface area (Å²) in [5.41, 5.74) is 8.32. The zero-order valence-electron chi connectivity index (χ0n) is 12.8. The summed E-state index contributed by atoms with van der Waals surface area (Å²) in [5, 5.41) is 0.997. The Bertz CT molecular complexity index is 799. The molecule has 0 fully saturated rings. The van der Waals surface area contributed by atoms with E-state index in [1.54, 1.807) is 23.5 Å². The molecule has 3 rings (SSSR count). The number of hydrogen-bond donors (Lipinski definition) is 1. The van der Waals surface area contributed by atoms with Crippen molar-refractivity contribution in [3.8, 4) is 17.0 Å². The van der Waals surface area contributed by atoms with Crippen molar-refractivity contribution in [2.24, 2.45) is 0 Å². The third kappa shape index (κ3) is 3.68. The van der Waals surface area contributed by atoms with Crippen LogP contribution in [0.5, 0.6) is 5.75 Å². The Morgan fingerprint density at radius 2 is 1.87 bits per heavy atom. The Morgan fingerprint density at radius 3 is 2.61 bits per heavy atom. The maximum atomic E-state index is 13.0. The SMILES string of the molecule is Cc1sc(CCOc2ccccc2N)nc1-c1ccc(F)cc1. The van der Waals surface area contributed by atoms with Crippen molar-refractivity contribution in [3.05, 3.63) is 64.2 Å². The molecule has 1 aromatic heterocycles. The van der Waals surface area contributed by atoms with Crippen LogP contribution >= 0.6 is 11.3 Å². The van der Waals surface area contributed by atoms with Crippen LogP contribution < -0.4 is 10.5 Å². The molecule has 0 spiro atoms. The molecule has 0 radical (unpaired) electrons. The summed E-state index contributed by atoms with van der Waals surface area (Å²) in [4.78, 5) is 5.76. The van der Waals surface area contributed by atoms with Gasteiger partial charge < -0.3 is 10.5 Å². The molecule has 23 heavy (non-hydrogen) atoms. The first kappa shape index (κ1) is 15.5. The normalized spacial score (nSPS) is 10.7. The zero-order valence-corrected chi connectivity index (χ0v) is 13.6. The Balaban J connectivity index is 1.67. The molecule has 0 atom stereocenters. The molecule has 0 unspecified atom stereocenters. The number of ether oxygens (including phenoxy) is 1. The quantitative estimate of drug-likeness (QED) is 0.703. The molecular weight excluding hydrogens is 311 g/mol. The van der Waals surface area contributed by atoms with E-state index in [0.29, 0.717) is 24.5 Å². The monoisotopic (exact) mass is 328 g/mol. The van der Waals surface area contributed by atoms with Crippen LogP contribution in [-0.4, -0.2) is 11.6 Å². The number of nitrogens with two attached hydrogens (primary N) is 1. The largest absolute Gasteiger partial charge is 0.491 e. The molecule has 5 heteroatoms. The van der Waals surface area contributed by atoms with Gasteiger partial charge in [-0.25, -0.2) is 9.37 Å². The molecule has 0 aliphatic rings. The van der Waals surface area contributed by atoms with Crippen molar-refractivity contribution in [2.75, 3.05) is 12.3 Å². The fourth-order valence-electron chi connectivity index (χ4n) is 2.29. The minimum Gasteiger partial charge on any atom is -0.491 e. The van der Waals surface area contributed by atoms with Crippen LogP contribution in [0.1, 0.15) is 9.88 Å². The van der Waals surface area contributed by atoms with Gasteiger partial charge in [0.15, 0.2) is 0 Å². The Morgan fingerprint density at radius 1 is 1.13 bits per heavy atom. The molecule has 0 saturated carbocycles. The lowest BCUT2D eigenvalue weighted by molar-refractivity contribution is 0.323. The lowest BCUT2D eigenvalue weighted by atomic mass is 10.1. The van der Waals surface area contributed by atoms with Gasteiger partial charge in [0.1, 0.15) is 11.6 Å². The van der Waals surface area contributed by atoms with Crippen LogP contribution in [-0.2, 0) is 6.42 Å². The van der Waals surface area contributed by atoms with E-state index in [-0.39, 0.29) is 5.82 Å². The topological polar surface area (TPSA) is 48.1 Å². The molecule has 118 valence electrons. The van der Waals surface area contributed by atoms with E-state index in [0.717, 1.165) is 21.1 Å². The Hall–Kier alpha value is -2.40. The molecule has 3 nitrogen and oxygen atoms in total. The van der Waals surface area contributed by atoms with Gasteiger partial charge in [0.25, 0.3) is 0 Å². The van der Waals surface area contributed by atoms with Crippen molar-refractivity contribution in [1.29, 1.82) is 0 Å². The van der Waals surface area contributed by atoms with E-state index >= 15 is 0 Å². The van der Waals surface area contributed by atoms with E-state index in [9.17, 15) is 4.39 Å². The second-order valence-corrected chi connectivity index (χ2v) is 6.44. The number of thiazole rings is 1. The second-order valence-electron chi connectivity index (χ2n) is 5.16. The number of aromatic nitrogens is 1. The van der Waals surface area contributed by atoms with Crippen LogP contribution in [0.3, 0.4) is 0 Å². The van der Waals surface area contributed by atoms with Crippen LogP contribution in [0.4, 0.5) is 10.1 Å². The number of benzene rings is 2. The summed E-state index contributed by atoms with van der Waals surface area (Å²) in [5.74, 6) is 0.454. The first-order valence-corrected chi connectivity index (χ1v) is 8.14. The van der Waals surface area contributed by atoms with Crippen LogP contribution in [0, 0.1) is 12.7 Å². The predicted octanol–water partition coefficient (Wildman–Crippen LogP) is 4.46. The van der Waals surface area contributed by atoms with Crippen molar-refractivity contribution in [2.45, 2.75) is 13.3 Å². The average molecular weight is 328 g/mol. The maximum absolute atomic E-state index is 13.0. The molecule has 0 aliphatic heterocycles. The van der Waals surface area contributed by atoms with Crippen LogP contribution in [0.2, 0.25) is 0 Å². The number of para-hydroxylation sites is 2. The van der Waals surface area contributed by atoms with Gasteiger partial charge in [-0.05, 0) is 43.3 Å². The van der Waals surface area contributed by atoms with Gasteiger partial charge >= 0.3 is 0 Å². The van der Waals surface area contributed by atoms with E-state index in [1.165, 1.54) is 12.1 Å². The number of nitrogens with zero attached hydrogens (tertiary/aromatic N) is 1. The van der Waals surface area contributed by atoms with Gasteiger partial charge in [0, 0.05) is 16.9 Å². The highest BCUT2D eigenvalue weighted by Crippen LogP contribution is 2.28. The number of halogens is 1. The number of hydrogen-bond acceptors (Lipinski definition) is 4. The fraction of sp³-hybridized carbons (Fsp3) is 0.167. The summed E-state index contributed by atoms with van der Waals surface area (Å²) in [7, 11) is 0. The highest BCUT2D eigenvalue weighted by atomic mass is 32.1. The third-order valence-corrected chi connectivity index (χ3v) is 4.48. The van der Waals surface area contributed by atoms with Gasteiger partial charge in [-0.3, -0.25) is 0 Å². The predicted molar refractivity (Wildman–Crippen MR) is 92.3 cm³/mol. The van der Waals surface area contributed by atoms with Crippen LogP contribution in [0.15, 0.2) is 48.5 Å². The summed E-state index contributed by atoms with van der Waals surface area (Å²) < 4.78 is 18.7. The molecule has 0 aliphatic carbocycles. The molecule has 0 bridgehead atoms. The minimum absolute atomic E-state index is 0.240. The molecule has 0 saturated heterocycles. The summed E-state index contributed by atoms with van der Waals surface area (Å²) in [6.45, 7) is 2.54. The fourth-order valence-corrected chi connectivity index (χ4v) is 3.23. The minimum atomic E-state index is -0.240. The molecule has 2 N–H and O–H groups in total. The molecule has 0 amide bonds. The summed E-state index contributed by atoms with van der Waals surface area (Å²) in [6, 6.07) is 13.9.